The highest BCUT2D eigenvalue weighted by Crippen LogP contribution is 2.14. The topological polar surface area (TPSA) is 18.5 Å². The first-order valence-corrected chi connectivity index (χ1v) is 7.46. The summed E-state index contributed by atoms with van der Waals surface area (Å²) in [4.78, 5) is 4.94. The van der Waals surface area contributed by atoms with Gasteiger partial charge in [-0.15, -0.1) is 0 Å². The average Bonchev–Trinajstić information content (AvgIpc) is 2.44. The Morgan fingerprint density at radius 2 is 2.00 bits per heavy atom. The Morgan fingerprint density at radius 1 is 1.21 bits per heavy atom. The predicted octanol–water partition coefficient (Wildman–Crippen LogP) is 2.12. The Bertz CT molecular complexity index is 372. The van der Waals surface area contributed by atoms with Crippen molar-refractivity contribution < 1.29 is 0 Å². The molecular weight excluding hydrogens is 234 g/mol. The van der Waals surface area contributed by atoms with Crippen LogP contribution in [0.25, 0.3) is 0 Å². The van der Waals surface area contributed by atoms with E-state index in [1.165, 1.54) is 43.7 Å². The Hall–Kier alpha value is -1.06. The summed E-state index contributed by atoms with van der Waals surface area (Å²) >= 11 is 0. The fraction of sp³-hybridized carbons (Fsp3) is 0.625. The monoisotopic (exact) mass is 261 g/mol. The Kier molecular flexibility index (Phi) is 5.67. The van der Waals surface area contributed by atoms with Gasteiger partial charge in [0, 0.05) is 45.5 Å². The van der Waals surface area contributed by atoms with Crippen molar-refractivity contribution in [1.29, 1.82) is 0 Å². The Labute approximate surface area is 117 Å². The van der Waals surface area contributed by atoms with E-state index in [4.69, 9.17) is 0 Å². The van der Waals surface area contributed by atoms with Crippen molar-refractivity contribution in [2.75, 3.05) is 51.2 Å². The number of nitrogens with one attached hydrogen (secondary N) is 1. The fourth-order valence-corrected chi connectivity index (χ4v) is 2.61. The fourth-order valence-electron chi connectivity index (χ4n) is 2.61. The van der Waals surface area contributed by atoms with Crippen LogP contribution in [0.15, 0.2) is 24.3 Å². The van der Waals surface area contributed by atoms with Gasteiger partial charge in [0.25, 0.3) is 0 Å². The number of anilines is 1. The van der Waals surface area contributed by atoms with Crippen molar-refractivity contribution in [3.05, 3.63) is 29.8 Å². The summed E-state index contributed by atoms with van der Waals surface area (Å²) in [5.41, 5.74) is 2.67. The molecule has 3 nitrogen and oxygen atoms in total. The van der Waals surface area contributed by atoms with Crippen LogP contribution in [0.3, 0.4) is 0 Å². The van der Waals surface area contributed by atoms with Gasteiger partial charge in [-0.3, -0.25) is 0 Å². The van der Waals surface area contributed by atoms with E-state index in [0.717, 1.165) is 19.6 Å². The minimum absolute atomic E-state index is 1.15. The summed E-state index contributed by atoms with van der Waals surface area (Å²) in [6, 6.07) is 8.75. The Morgan fingerprint density at radius 3 is 2.74 bits per heavy atom. The first-order valence-electron chi connectivity index (χ1n) is 7.46. The van der Waals surface area contributed by atoms with Crippen LogP contribution in [-0.4, -0.2) is 51.2 Å². The van der Waals surface area contributed by atoms with Crippen molar-refractivity contribution in [3.8, 4) is 0 Å². The summed E-state index contributed by atoms with van der Waals surface area (Å²) in [7, 11) is 2.19. The van der Waals surface area contributed by atoms with Crippen LogP contribution < -0.4 is 10.2 Å². The highest BCUT2D eigenvalue weighted by atomic mass is 15.2. The van der Waals surface area contributed by atoms with Crippen molar-refractivity contribution in [3.63, 3.8) is 0 Å². The summed E-state index contributed by atoms with van der Waals surface area (Å²) in [5, 5.41) is 3.40. The van der Waals surface area contributed by atoms with E-state index in [9.17, 15) is 0 Å². The quantitative estimate of drug-likeness (QED) is 0.791. The second-order valence-electron chi connectivity index (χ2n) is 5.56. The smallest absolute Gasteiger partial charge is 0.0366 e. The van der Waals surface area contributed by atoms with Crippen LogP contribution >= 0.6 is 0 Å². The summed E-state index contributed by atoms with van der Waals surface area (Å²) < 4.78 is 0. The highest BCUT2D eigenvalue weighted by Gasteiger charge is 2.08. The van der Waals surface area contributed by atoms with E-state index in [-0.39, 0.29) is 0 Å². The molecule has 0 radical (unpaired) electrons. The van der Waals surface area contributed by atoms with E-state index in [2.05, 4.69) is 53.4 Å². The second-order valence-corrected chi connectivity index (χ2v) is 5.56. The van der Waals surface area contributed by atoms with Gasteiger partial charge in [-0.25, -0.2) is 0 Å². The van der Waals surface area contributed by atoms with Gasteiger partial charge in [0.15, 0.2) is 0 Å². The normalized spacial score (nSPS) is 16.5. The van der Waals surface area contributed by atoms with Gasteiger partial charge >= 0.3 is 0 Å². The number of piperazine rings is 1. The van der Waals surface area contributed by atoms with E-state index in [1.54, 1.807) is 0 Å². The molecular formula is C16H27N3. The van der Waals surface area contributed by atoms with Gasteiger partial charge in [-0.1, -0.05) is 12.1 Å². The lowest BCUT2D eigenvalue weighted by Gasteiger charge is -2.27. The molecule has 0 atom stereocenters. The predicted molar refractivity (Wildman–Crippen MR) is 83.0 cm³/mol. The average molecular weight is 261 g/mol. The lowest BCUT2D eigenvalue weighted by Crippen LogP contribution is -2.43. The number of benzene rings is 1. The maximum absolute atomic E-state index is 3.40. The molecule has 1 saturated heterocycles. The molecule has 0 aliphatic carbocycles. The molecule has 106 valence electrons. The third kappa shape index (κ3) is 4.84. The van der Waals surface area contributed by atoms with Gasteiger partial charge in [-0.05, 0) is 44.0 Å². The third-order valence-corrected chi connectivity index (χ3v) is 3.87. The van der Waals surface area contributed by atoms with E-state index in [1.807, 2.05) is 0 Å². The van der Waals surface area contributed by atoms with Crippen LogP contribution in [0.2, 0.25) is 0 Å². The number of aryl methyl sites for hydroxylation is 1. The van der Waals surface area contributed by atoms with Crippen LogP contribution in [0.4, 0.5) is 5.69 Å². The highest BCUT2D eigenvalue weighted by molar-refractivity contribution is 5.47. The summed E-state index contributed by atoms with van der Waals surface area (Å²) in [5.74, 6) is 0. The zero-order valence-corrected chi connectivity index (χ0v) is 12.4. The number of nitrogens with zero attached hydrogens (tertiary/aromatic N) is 2. The van der Waals surface area contributed by atoms with Crippen molar-refractivity contribution >= 4 is 5.69 Å². The molecule has 2 rings (SSSR count). The van der Waals surface area contributed by atoms with Gasteiger partial charge in [-0.2, -0.15) is 0 Å². The minimum atomic E-state index is 1.15. The maximum Gasteiger partial charge on any atom is 0.0366 e. The molecule has 0 bridgehead atoms. The number of rotatable bonds is 6. The molecule has 1 aliphatic heterocycles. The molecule has 0 spiro atoms. The molecule has 1 aliphatic rings. The van der Waals surface area contributed by atoms with Gasteiger partial charge in [0.05, 0.1) is 0 Å². The molecule has 1 fully saturated rings. The van der Waals surface area contributed by atoms with E-state index in [0.29, 0.717) is 0 Å². The van der Waals surface area contributed by atoms with Crippen LogP contribution in [-0.2, 0) is 0 Å². The SMILES string of the molecule is Cc1cccc(N(C)CCCCN2CCNCC2)c1. The van der Waals surface area contributed by atoms with Crippen molar-refractivity contribution in [2.45, 2.75) is 19.8 Å². The van der Waals surface area contributed by atoms with Gasteiger partial charge < -0.3 is 15.1 Å². The first-order chi connectivity index (χ1) is 9.25. The van der Waals surface area contributed by atoms with E-state index >= 15 is 0 Å². The van der Waals surface area contributed by atoms with Gasteiger partial charge in [0.2, 0.25) is 0 Å². The Balaban J connectivity index is 1.64. The van der Waals surface area contributed by atoms with Crippen LogP contribution in [0, 0.1) is 6.92 Å². The second kappa shape index (κ2) is 7.51. The number of unbranched alkanes of at least 4 members (excludes halogenated alkanes) is 1. The molecule has 1 heterocycles. The zero-order chi connectivity index (χ0) is 13.5. The lowest BCUT2D eigenvalue weighted by molar-refractivity contribution is 0.237. The van der Waals surface area contributed by atoms with Crippen LogP contribution in [0.1, 0.15) is 18.4 Å². The van der Waals surface area contributed by atoms with Crippen LogP contribution in [0.5, 0.6) is 0 Å². The molecule has 1 aromatic rings. The van der Waals surface area contributed by atoms with Crippen molar-refractivity contribution in [1.82, 2.24) is 10.2 Å². The van der Waals surface area contributed by atoms with E-state index < -0.39 is 0 Å². The molecule has 3 heteroatoms. The number of hydrogen-bond donors (Lipinski definition) is 1. The van der Waals surface area contributed by atoms with Crippen molar-refractivity contribution in [2.24, 2.45) is 0 Å². The minimum Gasteiger partial charge on any atom is -0.375 e. The van der Waals surface area contributed by atoms with Gasteiger partial charge in [0.1, 0.15) is 0 Å². The third-order valence-electron chi connectivity index (χ3n) is 3.87. The maximum atomic E-state index is 3.40. The lowest BCUT2D eigenvalue weighted by atomic mass is 10.2. The molecule has 0 unspecified atom stereocenters. The standard InChI is InChI=1S/C16H27N3/c1-15-6-5-7-16(14-15)18(2)10-3-4-11-19-12-8-17-9-13-19/h5-7,14,17H,3-4,8-13H2,1-2H3. The molecule has 0 saturated carbocycles. The molecule has 19 heavy (non-hydrogen) atoms. The molecule has 0 aromatic heterocycles. The summed E-state index contributed by atoms with van der Waals surface area (Å²) in [6.45, 7) is 9.30. The zero-order valence-electron chi connectivity index (χ0n) is 12.4. The molecule has 0 amide bonds. The first kappa shape index (κ1) is 14.4. The largest absolute Gasteiger partial charge is 0.375 e. The summed E-state index contributed by atoms with van der Waals surface area (Å²) in [6.07, 6.45) is 2.57. The molecule has 1 aromatic carbocycles. The number of hydrogen-bond acceptors (Lipinski definition) is 3. The molecule has 1 N–H and O–H groups in total.